The quantitative estimate of drug-likeness (QED) is 0.212. The van der Waals surface area contributed by atoms with Crippen molar-refractivity contribution >= 4 is 16.8 Å². The number of alkyl halides is 3. The molecule has 1 aliphatic heterocycles. The first-order valence-electron chi connectivity index (χ1n) is 13.3. The van der Waals surface area contributed by atoms with E-state index in [2.05, 4.69) is 15.4 Å². The molecule has 0 radical (unpaired) electrons. The number of fused-ring (bicyclic) bond motifs is 2. The molecule has 1 amide bonds. The van der Waals surface area contributed by atoms with Gasteiger partial charge in [-0.1, -0.05) is 6.92 Å². The van der Waals surface area contributed by atoms with Crippen molar-refractivity contribution in [1.82, 2.24) is 20.1 Å². The Morgan fingerprint density at radius 2 is 1.84 bits per heavy atom. The fraction of sp³-hybridized carbons (Fsp3) is 0.345. The van der Waals surface area contributed by atoms with E-state index >= 15 is 0 Å². The molecular formula is C29H24F6N4O4. The molecule has 1 unspecified atom stereocenters. The molecule has 0 saturated heterocycles. The van der Waals surface area contributed by atoms with Crippen LogP contribution in [0.2, 0.25) is 0 Å². The van der Waals surface area contributed by atoms with Crippen molar-refractivity contribution in [2.75, 3.05) is 20.3 Å². The fourth-order valence-corrected chi connectivity index (χ4v) is 5.05. The summed E-state index contributed by atoms with van der Waals surface area (Å²) >= 11 is 0. The maximum absolute atomic E-state index is 14.5. The number of aromatic nitrogens is 3. The van der Waals surface area contributed by atoms with E-state index < -0.39 is 64.6 Å². The number of nitrogens with zero attached hydrogens (tertiary/aromatic N) is 3. The molecule has 43 heavy (non-hydrogen) atoms. The van der Waals surface area contributed by atoms with Crippen molar-refractivity contribution in [2.45, 2.75) is 43.5 Å². The largest absolute Gasteiger partial charge is 0.494 e. The number of pyridine rings is 1. The highest BCUT2D eigenvalue weighted by Gasteiger charge is 2.57. The Kier molecular flexibility index (Phi) is 6.79. The highest BCUT2D eigenvalue weighted by Crippen LogP contribution is 2.46. The maximum Gasteiger partial charge on any atom is 0.424 e. The van der Waals surface area contributed by atoms with Crippen LogP contribution in [0.4, 0.5) is 26.3 Å². The molecule has 14 heteroatoms. The lowest BCUT2D eigenvalue weighted by molar-refractivity contribution is -0.265. The molecule has 2 aromatic heterocycles. The first-order valence-corrected chi connectivity index (χ1v) is 13.3. The Labute approximate surface area is 240 Å². The minimum absolute atomic E-state index is 0.0163. The smallest absolute Gasteiger partial charge is 0.424 e. The molecule has 2 atom stereocenters. The van der Waals surface area contributed by atoms with E-state index in [9.17, 15) is 36.2 Å². The molecule has 1 aliphatic carbocycles. The topological polar surface area (TPSA) is 98.5 Å². The third-order valence-electron chi connectivity index (χ3n) is 7.66. The second-order valence-electron chi connectivity index (χ2n) is 10.7. The molecule has 6 rings (SSSR count). The van der Waals surface area contributed by atoms with Gasteiger partial charge < -0.3 is 19.9 Å². The van der Waals surface area contributed by atoms with E-state index in [-0.39, 0.29) is 35.3 Å². The number of rotatable bonds is 7. The van der Waals surface area contributed by atoms with Crippen molar-refractivity contribution in [1.29, 1.82) is 0 Å². The van der Waals surface area contributed by atoms with Crippen molar-refractivity contribution in [3.8, 4) is 22.8 Å². The van der Waals surface area contributed by atoms with Crippen LogP contribution in [-0.4, -0.2) is 52.2 Å². The van der Waals surface area contributed by atoms with Gasteiger partial charge in [0.15, 0.2) is 17.5 Å². The van der Waals surface area contributed by atoms with Crippen LogP contribution in [0.1, 0.15) is 53.3 Å². The summed E-state index contributed by atoms with van der Waals surface area (Å²) in [6.07, 6.45) is -1.74. The molecule has 3 heterocycles. The highest BCUT2D eigenvalue weighted by molar-refractivity contribution is 5.99. The molecule has 226 valence electrons. The summed E-state index contributed by atoms with van der Waals surface area (Å²) in [5.41, 5.74) is -4.88. The monoisotopic (exact) mass is 606 g/mol. The molecule has 4 aromatic rings. The standard InChI is InChI=1S/C29H24F6N4O4/c1-13-11-43-26-18(13)9-22(37-25(26)14-6-19(30)23(32)20(31)7-14)28(41,29(33,34)35)12-36-27(40)15-5-16-10-39(17-3-4-17)38-24(16)21(8-15)42-2/h5-10,13,17,41H,3-4,11-12H2,1-2H3,(H,36,40)/t13-,28?/m1/s1. The number of carbonyl (C=O) groups excluding carboxylic acids is 1. The van der Waals surface area contributed by atoms with E-state index in [1.165, 1.54) is 19.2 Å². The number of aliphatic hydroxyl groups is 1. The highest BCUT2D eigenvalue weighted by atomic mass is 19.4. The van der Waals surface area contributed by atoms with Gasteiger partial charge in [-0.25, -0.2) is 18.2 Å². The van der Waals surface area contributed by atoms with Gasteiger partial charge in [-0.2, -0.15) is 18.3 Å². The van der Waals surface area contributed by atoms with Crippen LogP contribution < -0.4 is 14.8 Å². The predicted molar refractivity (Wildman–Crippen MR) is 140 cm³/mol. The molecule has 8 nitrogen and oxygen atoms in total. The predicted octanol–water partition coefficient (Wildman–Crippen LogP) is 5.53. The summed E-state index contributed by atoms with van der Waals surface area (Å²) < 4.78 is 98.0. The first-order chi connectivity index (χ1) is 20.3. The number of amides is 1. The van der Waals surface area contributed by atoms with Gasteiger partial charge in [0.2, 0.25) is 5.60 Å². The number of benzene rings is 2. The number of ether oxygens (including phenoxy) is 2. The fourth-order valence-electron chi connectivity index (χ4n) is 5.05. The van der Waals surface area contributed by atoms with Gasteiger partial charge in [0.1, 0.15) is 22.7 Å². The van der Waals surface area contributed by atoms with Crippen LogP contribution in [-0.2, 0) is 5.60 Å². The minimum atomic E-state index is -5.37. The zero-order chi connectivity index (χ0) is 30.8. The zero-order valence-electron chi connectivity index (χ0n) is 22.7. The molecule has 2 aromatic carbocycles. The minimum Gasteiger partial charge on any atom is -0.494 e. The van der Waals surface area contributed by atoms with E-state index in [1.54, 1.807) is 17.8 Å². The van der Waals surface area contributed by atoms with E-state index in [4.69, 9.17) is 9.47 Å². The summed E-state index contributed by atoms with van der Waals surface area (Å²) in [7, 11) is 1.37. The lowest BCUT2D eigenvalue weighted by atomic mass is 9.92. The molecule has 0 spiro atoms. The van der Waals surface area contributed by atoms with Crippen molar-refractivity contribution in [2.24, 2.45) is 0 Å². The van der Waals surface area contributed by atoms with Crippen molar-refractivity contribution in [3.05, 3.63) is 70.8 Å². The molecule has 2 N–H and O–H groups in total. The van der Waals surface area contributed by atoms with Crippen LogP contribution in [0.25, 0.3) is 22.2 Å². The second kappa shape index (κ2) is 10.1. The van der Waals surface area contributed by atoms with Crippen LogP contribution in [0.15, 0.2) is 36.5 Å². The molecular weight excluding hydrogens is 582 g/mol. The Morgan fingerprint density at radius 1 is 1.14 bits per heavy atom. The number of hydrogen-bond acceptors (Lipinski definition) is 6. The lowest BCUT2D eigenvalue weighted by Crippen LogP contribution is -2.51. The van der Waals surface area contributed by atoms with Gasteiger partial charge in [0.05, 0.1) is 32.0 Å². The first kappa shape index (κ1) is 28.8. The molecule has 1 saturated carbocycles. The maximum atomic E-state index is 14.5. The Morgan fingerprint density at radius 3 is 2.47 bits per heavy atom. The van der Waals surface area contributed by atoms with Gasteiger partial charge in [0.25, 0.3) is 5.91 Å². The lowest BCUT2D eigenvalue weighted by Gasteiger charge is -2.31. The summed E-state index contributed by atoms with van der Waals surface area (Å²) in [5.74, 6) is -6.18. The summed E-state index contributed by atoms with van der Waals surface area (Å²) in [6, 6.07) is 5.14. The van der Waals surface area contributed by atoms with E-state index in [0.29, 0.717) is 23.0 Å². The van der Waals surface area contributed by atoms with Crippen LogP contribution in [0.3, 0.4) is 0 Å². The third-order valence-corrected chi connectivity index (χ3v) is 7.66. The van der Waals surface area contributed by atoms with E-state index in [1.807, 2.05) is 0 Å². The molecule has 0 bridgehead atoms. The van der Waals surface area contributed by atoms with Crippen molar-refractivity contribution in [3.63, 3.8) is 0 Å². The average molecular weight is 607 g/mol. The van der Waals surface area contributed by atoms with Crippen LogP contribution in [0, 0.1) is 17.5 Å². The number of carbonyl (C=O) groups is 1. The third kappa shape index (κ3) is 4.92. The summed E-state index contributed by atoms with van der Waals surface area (Å²) in [4.78, 5) is 17.0. The zero-order valence-corrected chi connectivity index (χ0v) is 22.7. The summed E-state index contributed by atoms with van der Waals surface area (Å²) in [5, 5.41) is 18.3. The second-order valence-corrected chi connectivity index (χ2v) is 10.7. The molecule has 2 aliphatic rings. The van der Waals surface area contributed by atoms with E-state index in [0.717, 1.165) is 18.9 Å². The number of hydrogen-bond donors (Lipinski definition) is 2. The van der Waals surface area contributed by atoms with Crippen LogP contribution >= 0.6 is 0 Å². The van der Waals surface area contributed by atoms with Gasteiger partial charge in [-0.15, -0.1) is 0 Å². The Hall–Kier alpha value is -4.33. The Balaban J connectivity index is 1.37. The normalized spacial score (nSPS) is 17.8. The number of methoxy groups -OCH3 is 1. The summed E-state index contributed by atoms with van der Waals surface area (Å²) in [6.45, 7) is 0.292. The van der Waals surface area contributed by atoms with Gasteiger partial charge in [-0.05, 0) is 43.2 Å². The van der Waals surface area contributed by atoms with Crippen LogP contribution in [0.5, 0.6) is 11.5 Å². The van der Waals surface area contributed by atoms with Gasteiger partial charge in [0, 0.05) is 34.2 Å². The average Bonchev–Trinajstić information content (AvgIpc) is 3.62. The Bertz CT molecular complexity index is 1750. The van der Waals surface area contributed by atoms with Gasteiger partial charge in [-0.3, -0.25) is 9.48 Å². The van der Waals surface area contributed by atoms with Crippen molar-refractivity contribution < 1.29 is 45.7 Å². The SMILES string of the molecule is COc1cc(C(=O)NCC(O)(c2cc3c(c(-c4cc(F)c(F)c(F)c4)n2)OC[C@H]3C)C(F)(F)F)cc2cn(C3CC3)nc12. The number of halogens is 6. The van der Waals surface area contributed by atoms with Gasteiger partial charge >= 0.3 is 6.18 Å². The number of nitrogens with one attached hydrogen (secondary N) is 1. The molecule has 1 fully saturated rings.